The van der Waals surface area contributed by atoms with Crippen LogP contribution in [0.4, 0.5) is 0 Å². The molecule has 2 fully saturated rings. The molecule has 2 aliphatic heterocycles. The van der Waals surface area contributed by atoms with Crippen LogP contribution in [0.2, 0.25) is 0 Å². The Hall–Kier alpha value is -1.14. The summed E-state index contributed by atoms with van der Waals surface area (Å²) >= 11 is 0. The number of likely N-dealkylation sites (tertiary alicyclic amines) is 1. The number of ether oxygens (including phenoxy) is 1. The molecule has 2 heterocycles. The predicted octanol–water partition coefficient (Wildman–Crippen LogP) is -0.312. The van der Waals surface area contributed by atoms with Gasteiger partial charge in [-0.05, 0) is 26.3 Å². The Morgan fingerprint density at radius 1 is 1.50 bits per heavy atom. The van der Waals surface area contributed by atoms with Crippen molar-refractivity contribution in [3.05, 3.63) is 0 Å². The molecule has 0 radical (unpaired) electrons. The van der Waals surface area contributed by atoms with Gasteiger partial charge in [-0.15, -0.1) is 0 Å². The molecule has 102 valence electrons. The zero-order valence-electron chi connectivity index (χ0n) is 10.6. The Bertz CT molecular complexity index is 333. The molecular formula is C12H20N2O4. The normalized spacial score (nSPS) is 26.5. The van der Waals surface area contributed by atoms with Crippen LogP contribution in [0.25, 0.3) is 0 Å². The van der Waals surface area contributed by atoms with E-state index in [0.717, 1.165) is 25.9 Å². The highest BCUT2D eigenvalue weighted by Crippen LogP contribution is 2.27. The summed E-state index contributed by atoms with van der Waals surface area (Å²) in [5.74, 6) is -0.737. The number of amides is 1. The minimum absolute atomic E-state index is 0.0720. The Morgan fingerprint density at radius 2 is 2.22 bits per heavy atom. The Morgan fingerprint density at radius 3 is 2.78 bits per heavy atom. The molecule has 0 aromatic heterocycles. The van der Waals surface area contributed by atoms with Crippen molar-refractivity contribution in [3.63, 3.8) is 0 Å². The van der Waals surface area contributed by atoms with Crippen molar-refractivity contribution < 1.29 is 19.4 Å². The van der Waals surface area contributed by atoms with Gasteiger partial charge in [0.2, 0.25) is 5.91 Å². The lowest BCUT2D eigenvalue weighted by atomic mass is 9.91. The van der Waals surface area contributed by atoms with Crippen LogP contribution < -0.4 is 5.32 Å². The molecular weight excluding hydrogens is 236 g/mol. The van der Waals surface area contributed by atoms with Crippen LogP contribution in [0, 0.1) is 5.92 Å². The molecule has 0 unspecified atom stereocenters. The number of nitrogens with zero attached hydrogens (tertiary/aromatic N) is 1. The minimum Gasteiger partial charge on any atom is -0.480 e. The van der Waals surface area contributed by atoms with Crippen LogP contribution in [-0.2, 0) is 14.3 Å². The first-order chi connectivity index (χ1) is 8.50. The van der Waals surface area contributed by atoms with Gasteiger partial charge in [0.15, 0.2) is 0 Å². The Balaban J connectivity index is 1.77. The predicted molar refractivity (Wildman–Crippen MR) is 64.2 cm³/mol. The second-order valence-electron chi connectivity index (χ2n) is 5.37. The summed E-state index contributed by atoms with van der Waals surface area (Å²) in [5, 5.41) is 11.8. The Labute approximate surface area is 106 Å². The largest absolute Gasteiger partial charge is 0.480 e. The molecule has 1 amide bonds. The lowest BCUT2D eigenvalue weighted by Crippen LogP contribution is -2.65. The van der Waals surface area contributed by atoms with Gasteiger partial charge < -0.3 is 20.1 Å². The van der Waals surface area contributed by atoms with E-state index in [2.05, 4.69) is 5.32 Å². The van der Waals surface area contributed by atoms with Gasteiger partial charge in [-0.1, -0.05) is 0 Å². The molecule has 0 spiro atoms. The van der Waals surface area contributed by atoms with Crippen molar-refractivity contribution >= 4 is 11.9 Å². The van der Waals surface area contributed by atoms with E-state index in [9.17, 15) is 9.59 Å². The molecule has 6 heteroatoms. The molecule has 0 aromatic rings. The van der Waals surface area contributed by atoms with Gasteiger partial charge in [-0.25, -0.2) is 4.79 Å². The average Bonchev–Trinajstić information content (AvgIpc) is 2.33. The molecule has 18 heavy (non-hydrogen) atoms. The van der Waals surface area contributed by atoms with Crippen molar-refractivity contribution in [2.24, 2.45) is 5.92 Å². The van der Waals surface area contributed by atoms with Crippen LogP contribution in [-0.4, -0.2) is 60.3 Å². The number of hydrogen-bond donors (Lipinski definition) is 2. The SMILES string of the molecule is CC1(OCC(=O)O)CN(C(=O)[C@H]2CCCNC2)C1. The van der Waals surface area contributed by atoms with E-state index < -0.39 is 11.6 Å². The molecule has 0 aliphatic carbocycles. The van der Waals surface area contributed by atoms with E-state index in [1.54, 1.807) is 4.90 Å². The summed E-state index contributed by atoms with van der Waals surface area (Å²) in [6.45, 7) is 4.28. The van der Waals surface area contributed by atoms with Crippen molar-refractivity contribution in [1.82, 2.24) is 10.2 Å². The third-order valence-corrected chi connectivity index (χ3v) is 3.55. The van der Waals surface area contributed by atoms with Crippen molar-refractivity contribution in [3.8, 4) is 0 Å². The third kappa shape index (κ3) is 3.00. The number of carboxylic acid groups (broad SMARTS) is 1. The van der Waals surface area contributed by atoms with E-state index >= 15 is 0 Å². The fourth-order valence-corrected chi connectivity index (χ4v) is 2.57. The molecule has 2 saturated heterocycles. The van der Waals surface area contributed by atoms with Crippen LogP contribution in [0.15, 0.2) is 0 Å². The molecule has 2 aliphatic rings. The van der Waals surface area contributed by atoms with E-state index in [0.29, 0.717) is 13.1 Å². The molecule has 2 N–H and O–H groups in total. The first-order valence-electron chi connectivity index (χ1n) is 6.35. The zero-order valence-corrected chi connectivity index (χ0v) is 10.6. The van der Waals surface area contributed by atoms with E-state index in [1.807, 2.05) is 6.92 Å². The highest BCUT2D eigenvalue weighted by molar-refractivity contribution is 5.80. The number of piperidine rings is 1. The lowest BCUT2D eigenvalue weighted by Gasteiger charge is -2.48. The zero-order chi connectivity index (χ0) is 13.2. The maximum Gasteiger partial charge on any atom is 0.329 e. The summed E-state index contributed by atoms with van der Waals surface area (Å²) in [7, 11) is 0. The number of nitrogens with one attached hydrogen (secondary N) is 1. The van der Waals surface area contributed by atoms with Gasteiger partial charge in [0.25, 0.3) is 0 Å². The maximum absolute atomic E-state index is 12.1. The Kier molecular flexibility index (Phi) is 3.87. The summed E-state index contributed by atoms with van der Waals surface area (Å²) in [6.07, 6.45) is 1.98. The first-order valence-corrected chi connectivity index (χ1v) is 6.35. The highest BCUT2D eigenvalue weighted by atomic mass is 16.5. The summed E-state index contributed by atoms with van der Waals surface area (Å²) in [5.41, 5.74) is -0.490. The topological polar surface area (TPSA) is 78.9 Å². The number of carbonyl (C=O) groups is 2. The summed E-state index contributed by atoms with van der Waals surface area (Å²) in [4.78, 5) is 24.3. The molecule has 0 aromatic carbocycles. The highest BCUT2D eigenvalue weighted by Gasteiger charge is 2.44. The molecule has 2 rings (SSSR count). The maximum atomic E-state index is 12.1. The smallest absolute Gasteiger partial charge is 0.329 e. The lowest BCUT2D eigenvalue weighted by molar-refractivity contribution is -0.175. The first kappa shape index (κ1) is 13.3. The van der Waals surface area contributed by atoms with E-state index in [-0.39, 0.29) is 18.4 Å². The fourth-order valence-electron chi connectivity index (χ4n) is 2.57. The van der Waals surface area contributed by atoms with Crippen molar-refractivity contribution in [1.29, 1.82) is 0 Å². The van der Waals surface area contributed by atoms with Crippen molar-refractivity contribution in [2.45, 2.75) is 25.4 Å². The molecule has 0 saturated carbocycles. The van der Waals surface area contributed by atoms with Gasteiger partial charge in [0.05, 0.1) is 19.0 Å². The van der Waals surface area contributed by atoms with Crippen LogP contribution in [0.3, 0.4) is 0 Å². The number of rotatable bonds is 4. The number of carbonyl (C=O) groups excluding carboxylic acids is 1. The van der Waals surface area contributed by atoms with Crippen LogP contribution >= 0.6 is 0 Å². The molecule has 0 bridgehead atoms. The minimum atomic E-state index is -0.975. The second-order valence-corrected chi connectivity index (χ2v) is 5.37. The van der Waals surface area contributed by atoms with Crippen LogP contribution in [0.5, 0.6) is 0 Å². The van der Waals surface area contributed by atoms with Gasteiger partial charge >= 0.3 is 5.97 Å². The second kappa shape index (κ2) is 5.24. The standard InChI is InChI=1S/C12H20N2O4/c1-12(18-6-10(15)16)7-14(8-12)11(17)9-3-2-4-13-5-9/h9,13H,2-8H2,1H3,(H,15,16)/t9-/m0/s1. The quantitative estimate of drug-likeness (QED) is 0.721. The average molecular weight is 256 g/mol. The van der Waals surface area contributed by atoms with E-state index in [4.69, 9.17) is 9.84 Å². The monoisotopic (exact) mass is 256 g/mol. The van der Waals surface area contributed by atoms with Crippen molar-refractivity contribution in [2.75, 3.05) is 32.8 Å². The fraction of sp³-hybridized carbons (Fsp3) is 0.833. The van der Waals surface area contributed by atoms with Crippen LogP contribution in [0.1, 0.15) is 19.8 Å². The van der Waals surface area contributed by atoms with Gasteiger partial charge in [0.1, 0.15) is 12.2 Å². The number of hydrogen-bond acceptors (Lipinski definition) is 4. The third-order valence-electron chi connectivity index (χ3n) is 3.55. The molecule has 1 atom stereocenters. The molecule has 6 nitrogen and oxygen atoms in total. The van der Waals surface area contributed by atoms with Gasteiger partial charge in [0, 0.05) is 6.54 Å². The number of aliphatic carboxylic acids is 1. The van der Waals surface area contributed by atoms with Gasteiger partial charge in [-0.3, -0.25) is 4.79 Å². The number of carboxylic acids is 1. The van der Waals surface area contributed by atoms with Gasteiger partial charge in [-0.2, -0.15) is 0 Å². The van der Waals surface area contributed by atoms with E-state index in [1.165, 1.54) is 0 Å². The summed E-state index contributed by atoms with van der Waals surface area (Å²) < 4.78 is 5.29. The summed E-state index contributed by atoms with van der Waals surface area (Å²) in [6, 6.07) is 0.